The molecule has 2 aromatic carbocycles. The standard InChI is InChI=1S/C21H17ClFN5O3/c1-30-16-8-3-2-5-13(16)20-26-25-17-9-10-18(27-28(17)20)31-12-11-24-21(29)19-14(22)6-4-7-15(19)23/h2-10H,11-12H2,1H3,(H,24,29). The molecule has 0 unspecified atom stereocenters. The molecule has 31 heavy (non-hydrogen) atoms. The van der Waals surface area contributed by atoms with Crippen molar-refractivity contribution >= 4 is 23.2 Å². The summed E-state index contributed by atoms with van der Waals surface area (Å²) in [5.74, 6) is 0.142. The lowest BCUT2D eigenvalue weighted by atomic mass is 10.2. The van der Waals surface area contributed by atoms with E-state index in [9.17, 15) is 9.18 Å². The zero-order valence-corrected chi connectivity index (χ0v) is 17.1. The van der Waals surface area contributed by atoms with Crippen LogP contribution in [0.15, 0.2) is 54.6 Å². The molecule has 158 valence electrons. The number of amides is 1. The highest BCUT2D eigenvalue weighted by Gasteiger charge is 2.16. The van der Waals surface area contributed by atoms with Crippen molar-refractivity contribution in [3.8, 4) is 23.0 Å². The predicted octanol–water partition coefficient (Wildman–Crippen LogP) is 3.40. The molecule has 0 aliphatic heterocycles. The van der Waals surface area contributed by atoms with Gasteiger partial charge in [-0.25, -0.2) is 4.39 Å². The second kappa shape index (κ2) is 8.97. The van der Waals surface area contributed by atoms with Gasteiger partial charge >= 0.3 is 0 Å². The van der Waals surface area contributed by atoms with Crippen LogP contribution in [-0.2, 0) is 0 Å². The van der Waals surface area contributed by atoms with E-state index >= 15 is 0 Å². The van der Waals surface area contributed by atoms with Gasteiger partial charge in [-0.3, -0.25) is 4.79 Å². The van der Waals surface area contributed by atoms with Crippen LogP contribution in [-0.4, -0.2) is 46.0 Å². The Hall–Kier alpha value is -3.72. The lowest BCUT2D eigenvalue weighted by Gasteiger charge is -2.09. The predicted molar refractivity (Wildman–Crippen MR) is 112 cm³/mol. The van der Waals surface area contributed by atoms with Crippen LogP contribution in [0.3, 0.4) is 0 Å². The minimum absolute atomic E-state index is 0.0435. The van der Waals surface area contributed by atoms with Gasteiger partial charge in [0.2, 0.25) is 5.88 Å². The van der Waals surface area contributed by atoms with Crippen LogP contribution < -0.4 is 14.8 Å². The Bertz CT molecular complexity index is 1230. The molecule has 2 heterocycles. The van der Waals surface area contributed by atoms with E-state index < -0.39 is 11.7 Å². The van der Waals surface area contributed by atoms with E-state index in [1.165, 1.54) is 18.2 Å². The van der Waals surface area contributed by atoms with Crippen molar-refractivity contribution in [2.45, 2.75) is 0 Å². The SMILES string of the molecule is COc1ccccc1-c1nnc2ccc(OCCNC(=O)c3c(F)cccc3Cl)nn12. The molecular formula is C21H17ClFN5O3. The molecule has 0 saturated carbocycles. The van der Waals surface area contributed by atoms with Crippen molar-refractivity contribution in [3.63, 3.8) is 0 Å². The normalized spacial score (nSPS) is 10.8. The van der Waals surface area contributed by atoms with Gasteiger partial charge in [0.25, 0.3) is 5.91 Å². The number of hydrogen-bond acceptors (Lipinski definition) is 6. The Kier molecular flexibility index (Phi) is 5.94. The van der Waals surface area contributed by atoms with Gasteiger partial charge in [0.1, 0.15) is 18.2 Å². The Morgan fingerprint density at radius 3 is 2.77 bits per heavy atom. The number of carbonyl (C=O) groups is 1. The van der Waals surface area contributed by atoms with Gasteiger partial charge in [-0.2, -0.15) is 4.52 Å². The Morgan fingerprint density at radius 1 is 1.13 bits per heavy atom. The first-order valence-corrected chi connectivity index (χ1v) is 9.67. The van der Waals surface area contributed by atoms with E-state index in [2.05, 4.69) is 20.6 Å². The zero-order chi connectivity index (χ0) is 21.8. The second-order valence-corrected chi connectivity index (χ2v) is 6.77. The number of rotatable bonds is 7. The van der Waals surface area contributed by atoms with Gasteiger partial charge in [-0.15, -0.1) is 15.3 Å². The van der Waals surface area contributed by atoms with Crippen LogP contribution in [0, 0.1) is 5.82 Å². The first kappa shape index (κ1) is 20.5. The first-order valence-electron chi connectivity index (χ1n) is 9.29. The molecule has 0 atom stereocenters. The van der Waals surface area contributed by atoms with Gasteiger partial charge in [-0.1, -0.05) is 29.8 Å². The number of aromatic nitrogens is 4. The summed E-state index contributed by atoms with van der Waals surface area (Å²) in [7, 11) is 1.58. The first-order chi connectivity index (χ1) is 15.1. The van der Waals surface area contributed by atoms with Crippen molar-refractivity contribution in [3.05, 3.63) is 71.0 Å². The summed E-state index contributed by atoms with van der Waals surface area (Å²) in [6.07, 6.45) is 0. The molecular weight excluding hydrogens is 425 g/mol. The number of nitrogens with zero attached hydrogens (tertiary/aromatic N) is 4. The summed E-state index contributed by atoms with van der Waals surface area (Å²) in [6, 6.07) is 14.8. The summed E-state index contributed by atoms with van der Waals surface area (Å²) < 4.78 is 26.4. The van der Waals surface area contributed by atoms with Crippen LogP contribution >= 0.6 is 11.6 Å². The number of nitrogens with one attached hydrogen (secondary N) is 1. The molecule has 0 saturated heterocycles. The summed E-state index contributed by atoms with van der Waals surface area (Å²) in [6.45, 7) is 0.243. The number of carbonyl (C=O) groups excluding carboxylic acids is 1. The molecule has 0 fully saturated rings. The molecule has 0 spiro atoms. The van der Waals surface area contributed by atoms with Gasteiger partial charge in [0, 0.05) is 6.07 Å². The topological polar surface area (TPSA) is 90.6 Å². The number of methoxy groups -OCH3 is 1. The molecule has 1 N–H and O–H groups in total. The molecule has 0 aliphatic carbocycles. The average molecular weight is 442 g/mol. The van der Waals surface area contributed by atoms with Gasteiger partial charge in [0.05, 0.1) is 29.8 Å². The smallest absolute Gasteiger partial charge is 0.255 e. The number of halogens is 2. The summed E-state index contributed by atoms with van der Waals surface area (Å²) in [5, 5.41) is 15.3. The quantitative estimate of drug-likeness (QED) is 0.442. The van der Waals surface area contributed by atoms with E-state index in [4.69, 9.17) is 21.1 Å². The van der Waals surface area contributed by atoms with Gasteiger partial charge in [-0.05, 0) is 30.3 Å². The fourth-order valence-corrected chi connectivity index (χ4v) is 3.22. The molecule has 1 amide bonds. The van der Waals surface area contributed by atoms with E-state index in [1.54, 1.807) is 23.8 Å². The molecule has 2 aromatic heterocycles. The Morgan fingerprint density at radius 2 is 1.97 bits per heavy atom. The summed E-state index contributed by atoms with van der Waals surface area (Å²) >= 11 is 5.90. The molecule has 4 rings (SSSR count). The van der Waals surface area contributed by atoms with Crippen molar-refractivity contribution < 1.29 is 18.7 Å². The number of benzene rings is 2. The molecule has 0 bridgehead atoms. The molecule has 10 heteroatoms. The third-order valence-corrected chi connectivity index (χ3v) is 4.73. The Labute approximate surface area is 181 Å². The third kappa shape index (κ3) is 4.26. The van der Waals surface area contributed by atoms with Crippen molar-refractivity contribution in [1.29, 1.82) is 0 Å². The second-order valence-electron chi connectivity index (χ2n) is 6.37. The van der Waals surface area contributed by atoms with E-state index in [-0.39, 0.29) is 23.7 Å². The lowest BCUT2D eigenvalue weighted by molar-refractivity contribution is 0.0942. The highest BCUT2D eigenvalue weighted by atomic mass is 35.5. The molecule has 0 radical (unpaired) electrons. The highest BCUT2D eigenvalue weighted by molar-refractivity contribution is 6.33. The van der Waals surface area contributed by atoms with Crippen LogP contribution in [0.2, 0.25) is 5.02 Å². The van der Waals surface area contributed by atoms with Crippen LogP contribution in [0.5, 0.6) is 11.6 Å². The maximum Gasteiger partial charge on any atom is 0.255 e. The van der Waals surface area contributed by atoms with E-state index in [1.807, 2.05) is 24.3 Å². The van der Waals surface area contributed by atoms with Crippen LogP contribution in [0.1, 0.15) is 10.4 Å². The largest absolute Gasteiger partial charge is 0.496 e. The maximum atomic E-state index is 13.8. The fraction of sp³-hybridized carbons (Fsp3) is 0.143. The molecule has 4 aromatic rings. The van der Waals surface area contributed by atoms with Crippen LogP contribution in [0.4, 0.5) is 4.39 Å². The van der Waals surface area contributed by atoms with Crippen LogP contribution in [0.25, 0.3) is 17.0 Å². The third-order valence-electron chi connectivity index (χ3n) is 4.41. The van der Waals surface area contributed by atoms with Crippen molar-refractivity contribution in [2.24, 2.45) is 0 Å². The maximum absolute atomic E-state index is 13.8. The highest BCUT2D eigenvalue weighted by Crippen LogP contribution is 2.28. The minimum Gasteiger partial charge on any atom is -0.496 e. The van der Waals surface area contributed by atoms with E-state index in [0.717, 1.165) is 5.56 Å². The number of hydrogen-bond donors (Lipinski definition) is 1. The Balaban J connectivity index is 1.44. The summed E-state index contributed by atoms with van der Waals surface area (Å²) in [4.78, 5) is 12.2. The van der Waals surface area contributed by atoms with Gasteiger partial charge < -0.3 is 14.8 Å². The monoisotopic (exact) mass is 441 g/mol. The number of para-hydroxylation sites is 1. The minimum atomic E-state index is -0.686. The van der Waals surface area contributed by atoms with Gasteiger partial charge in [0.15, 0.2) is 11.5 Å². The molecule has 0 aliphatic rings. The molecule has 8 nitrogen and oxygen atoms in total. The number of fused-ring (bicyclic) bond motifs is 1. The zero-order valence-electron chi connectivity index (χ0n) is 16.4. The summed E-state index contributed by atoms with van der Waals surface area (Å²) in [5.41, 5.74) is 1.07. The van der Waals surface area contributed by atoms with Crippen molar-refractivity contribution in [2.75, 3.05) is 20.3 Å². The van der Waals surface area contributed by atoms with Crippen molar-refractivity contribution in [1.82, 2.24) is 25.1 Å². The fourth-order valence-electron chi connectivity index (χ4n) is 2.97. The number of ether oxygens (including phenoxy) is 2. The van der Waals surface area contributed by atoms with E-state index in [0.29, 0.717) is 23.1 Å². The average Bonchev–Trinajstić information content (AvgIpc) is 3.19. The lowest BCUT2D eigenvalue weighted by Crippen LogP contribution is -2.29.